The van der Waals surface area contributed by atoms with Gasteiger partial charge in [0.05, 0.1) is 28.9 Å². The van der Waals surface area contributed by atoms with E-state index >= 15 is 0 Å². The molecule has 0 aliphatic heterocycles. The summed E-state index contributed by atoms with van der Waals surface area (Å²) in [5.41, 5.74) is 9.98. The van der Waals surface area contributed by atoms with Crippen LogP contribution in [0.4, 0.5) is 5.00 Å². The van der Waals surface area contributed by atoms with E-state index in [2.05, 4.69) is 12.2 Å². The van der Waals surface area contributed by atoms with Crippen LogP contribution in [0.25, 0.3) is 22.2 Å². The first-order chi connectivity index (χ1) is 16.9. The maximum Gasteiger partial charge on any atom is 0.257 e. The summed E-state index contributed by atoms with van der Waals surface area (Å²) in [6.45, 7) is 4.74. The van der Waals surface area contributed by atoms with Gasteiger partial charge in [0.25, 0.3) is 11.8 Å². The van der Waals surface area contributed by atoms with E-state index in [0.29, 0.717) is 34.3 Å². The topological polar surface area (TPSA) is 94.3 Å². The SMILES string of the molecule is CCOc1ccc(-c2cc(C(=O)Nc3sc4c(c3C(N)=O)CC[C@@H](C)C4)c3ccccc3n2)cc1. The number of ether oxygens (including phenoxy) is 1. The lowest BCUT2D eigenvalue weighted by Crippen LogP contribution is -2.19. The zero-order valence-corrected chi connectivity index (χ0v) is 20.6. The Morgan fingerprint density at radius 1 is 1.17 bits per heavy atom. The quantitative estimate of drug-likeness (QED) is 0.359. The predicted octanol–water partition coefficient (Wildman–Crippen LogP) is 5.84. The van der Waals surface area contributed by atoms with Gasteiger partial charge in [0.2, 0.25) is 0 Å². The molecule has 1 aliphatic carbocycles. The molecule has 0 saturated carbocycles. The molecule has 6 nitrogen and oxygen atoms in total. The van der Waals surface area contributed by atoms with Crippen LogP contribution in [-0.2, 0) is 12.8 Å². The number of fused-ring (bicyclic) bond motifs is 2. The van der Waals surface area contributed by atoms with E-state index in [1.54, 1.807) is 6.07 Å². The standard InChI is InChI=1S/C28H27N3O3S/c1-3-34-18-11-9-17(10-12-18)23-15-21(19-6-4-5-7-22(19)30-23)27(33)31-28-25(26(29)32)20-13-8-16(2)14-24(20)35-28/h4-7,9-12,15-16H,3,8,13-14H2,1-2H3,(H2,29,32)(H,31,33)/t16-/m1/s1. The minimum atomic E-state index is -0.498. The molecule has 2 aromatic heterocycles. The van der Waals surface area contributed by atoms with Crippen LogP contribution in [0.15, 0.2) is 54.6 Å². The first-order valence-corrected chi connectivity index (χ1v) is 12.6. The predicted molar refractivity (Wildman–Crippen MR) is 140 cm³/mol. The lowest BCUT2D eigenvalue weighted by molar-refractivity contribution is 0.1000. The lowest BCUT2D eigenvalue weighted by Gasteiger charge is -2.18. The van der Waals surface area contributed by atoms with Crippen LogP contribution in [0.1, 0.15) is 51.4 Å². The van der Waals surface area contributed by atoms with Gasteiger partial charge in [-0.3, -0.25) is 9.59 Å². The number of nitrogens with two attached hydrogens (primary N) is 1. The zero-order valence-electron chi connectivity index (χ0n) is 19.8. The van der Waals surface area contributed by atoms with Crippen molar-refractivity contribution in [2.24, 2.45) is 11.7 Å². The number of aromatic nitrogens is 1. The molecule has 0 bridgehead atoms. The van der Waals surface area contributed by atoms with Crippen molar-refractivity contribution in [1.82, 2.24) is 4.98 Å². The van der Waals surface area contributed by atoms with Crippen molar-refractivity contribution in [3.63, 3.8) is 0 Å². The van der Waals surface area contributed by atoms with Gasteiger partial charge in [0.1, 0.15) is 10.8 Å². The maximum atomic E-state index is 13.6. The van der Waals surface area contributed by atoms with Gasteiger partial charge in [-0.25, -0.2) is 4.98 Å². The van der Waals surface area contributed by atoms with Crippen molar-refractivity contribution in [3.8, 4) is 17.0 Å². The van der Waals surface area contributed by atoms with Crippen LogP contribution in [0, 0.1) is 5.92 Å². The number of amides is 2. The van der Waals surface area contributed by atoms with Crippen LogP contribution in [0.2, 0.25) is 0 Å². The summed E-state index contributed by atoms with van der Waals surface area (Å²) in [6, 6.07) is 17.0. The van der Waals surface area contributed by atoms with E-state index in [1.807, 2.05) is 55.5 Å². The van der Waals surface area contributed by atoms with E-state index in [9.17, 15) is 9.59 Å². The number of anilines is 1. The Bertz CT molecular complexity index is 1430. The molecule has 2 aromatic carbocycles. The number of nitrogens with one attached hydrogen (secondary N) is 1. The second-order valence-electron chi connectivity index (χ2n) is 8.90. The van der Waals surface area contributed by atoms with Gasteiger partial charge in [0.15, 0.2) is 0 Å². The molecule has 0 unspecified atom stereocenters. The fraction of sp³-hybridized carbons (Fsp3) is 0.250. The highest BCUT2D eigenvalue weighted by molar-refractivity contribution is 7.17. The van der Waals surface area contributed by atoms with Gasteiger partial charge in [-0.15, -0.1) is 11.3 Å². The summed E-state index contributed by atoms with van der Waals surface area (Å²) in [5.74, 6) is 0.545. The van der Waals surface area contributed by atoms with Crippen molar-refractivity contribution in [1.29, 1.82) is 0 Å². The average Bonchev–Trinajstić information content (AvgIpc) is 3.21. The van der Waals surface area contributed by atoms with E-state index in [4.69, 9.17) is 15.5 Å². The average molecular weight is 486 g/mol. The van der Waals surface area contributed by atoms with Crippen LogP contribution in [0.3, 0.4) is 0 Å². The number of carbonyl (C=O) groups is 2. The molecular weight excluding hydrogens is 458 g/mol. The third-order valence-corrected chi connectivity index (χ3v) is 7.58. The van der Waals surface area contributed by atoms with E-state index in [0.717, 1.165) is 51.9 Å². The van der Waals surface area contributed by atoms with Crippen molar-refractivity contribution in [3.05, 3.63) is 76.2 Å². The number of benzene rings is 2. The number of carbonyl (C=O) groups excluding carboxylic acids is 2. The van der Waals surface area contributed by atoms with Crippen LogP contribution >= 0.6 is 11.3 Å². The number of hydrogen-bond donors (Lipinski definition) is 2. The number of para-hydroxylation sites is 1. The van der Waals surface area contributed by atoms with Crippen molar-refractivity contribution in [2.45, 2.75) is 33.1 Å². The molecule has 0 fully saturated rings. The van der Waals surface area contributed by atoms with Crippen molar-refractivity contribution >= 4 is 39.1 Å². The third-order valence-electron chi connectivity index (χ3n) is 6.41. The molecule has 0 saturated heterocycles. The summed E-state index contributed by atoms with van der Waals surface area (Å²) in [6.07, 6.45) is 2.72. The highest BCUT2D eigenvalue weighted by Crippen LogP contribution is 2.40. The Morgan fingerprint density at radius 2 is 1.94 bits per heavy atom. The summed E-state index contributed by atoms with van der Waals surface area (Å²) < 4.78 is 5.55. The minimum Gasteiger partial charge on any atom is -0.494 e. The number of thiophene rings is 1. The van der Waals surface area contributed by atoms with Crippen LogP contribution < -0.4 is 15.8 Å². The van der Waals surface area contributed by atoms with E-state index in [1.165, 1.54) is 11.3 Å². The van der Waals surface area contributed by atoms with Crippen LogP contribution in [-0.4, -0.2) is 23.4 Å². The van der Waals surface area contributed by atoms with Gasteiger partial charge in [-0.05, 0) is 74.1 Å². The summed E-state index contributed by atoms with van der Waals surface area (Å²) in [5, 5.41) is 4.29. The van der Waals surface area contributed by atoms with Gasteiger partial charge >= 0.3 is 0 Å². The van der Waals surface area contributed by atoms with Gasteiger partial charge in [-0.2, -0.15) is 0 Å². The Balaban J connectivity index is 1.55. The second-order valence-corrected chi connectivity index (χ2v) is 10.0. The Labute approximate surface area is 208 Å². The fourth-order valence-electron chi connectivity index (χ4n) is 4.67. The van der Waals surface area contributed by atoms with Crippen molar-refractivity contribution < 1.29 is 14.3 Å². The fourth-order valence-corrected chi connectivity index (χ4v) is 6.08. The molecule has 1 atom stereocenters. The number of hydrogen-bond acceptors (Lipinski definition) is 5. The maximum absolute atomic E-state index is 13.6. The van der Waals surface area contributed by atoms with Crippen molar-refractivity contribution in [2.75, 3.05) is 11.9 Å². The number of pyridine rings is 1. The molecule has 2 heterocycles. The monoisotopic (exact) mass is 485 g/mol. The summed E-state index contributed by atoms with van der Waals surface area (Å²) >= 11 is 1.47. The molecule has 3 N–H and O–H groups in total. The molecule has 2 amide bonds. The smallest absolute Gasteiger partial charge is 0.257 e. The highest BCUT2D eigenvalue weighted by atomic mass is 32.1. The first kappa shape index (κ1) is 23.1. The van der Waals surface area contributed by atoms with Gasteiger partial charge in [-0.1, -0.05) is 25.1 Å². The second kappa shape index (κ2) is 9.50. The molecule has 178 valence electrons. The van der Waals surface area contributed by atoms with E-state index in [-0.39, 0.29) is 5.91 Å². The molecular formula is C28H27N3O3S. The Kier molecular flexibility index (Phi) is 6.26. The first-order valence-electron chi connectivity index (χ1n) is 11.8. The molecule has 4 aromatic rings. The number of primary amides is 1. The number of nitrogens with zero attached hydrogens (tertiary/aromatic N) is 1. The summed E-state index contributed by atoms with van der Waals surface area (Å²) in [7, 11) is 0. The molecule has 5 rings (SSSR count). The Hall–Kier alpha value is -3.71. The molecule has 0 radical (unpaired) electrons. The largest absolute Gasteiger partial charge is 0.494 e. The molecule has 1 aliphatic rings. The molecule has 7 heteroatoms. The highest BCUT2D eigenvalue weighted by Gasteiger charge is 2.28. The molecule has 0 spiro atoms. The normalized spacial score (nSPS) is 15.0. The third kappa shape index (κ3) is 4.51. The van der Waals surface area contributed by atoms with Gasteiger partial charge in [0, 0.05) is 15.8 Å². The lowest BCUT2D eigenvalue weighted by atomic mass is 9.88. The Morgan fingerprint density at radius 3 is 2.69 bits per heavy atom. The van der Waals surface area contributed by atoms with Gasteiger partial charge < -0.3 is 15.8 Å². The summed E-state index contributed by atoms with van der Waals surface area (Å²) in [4.78, 5) is 31.9. The molecule has 35 heavy (non-hydrogen) atoms. The number of rotatable bonds is 6. The van der Waals surface area contributed by atoms with E-state index < -0.39 is 5.91 Å². The zero-order chi connectivity index (χ0) is 24.5. The minimum absolute atomic E-state index is 0.287. The van der Waals surface area contributed by atoms with Crippen LogP contribution in [0.5, 0.6) is 5.75 Å².